The summed E-state index contributed by atoms with van der Waals surface area (Å²) < 4.78 is 5.33. The zero-order chi connectivity index (χ0) is 24.7. The van der Waals surface area contributed by atoms with Crippen LogP contribution in [0.5, 0.6) is 0 Å². The molecule has 0 bridgehead atoms. The lowest BCUT2D eigenvalue weighted by atomic mass is 9.97. The number of nitrogens with zero attached hydrogens (tertiary/aromatic N) is 3. The van der Waals surface area contributed by atoms with Crippen molar-refractivity contribution in [2.75, 3.05) is 35.3 Å². The van der Waals surface area contributed by atoms with Crippen LogP contribution >= 0.6 is 0 Å². The molecular weight excluding hydrogens is 452 g/mol. The van der Waals surface area contributed by atoms with Gasteiger partial charge >= 0.3 is 5.97 Å². The number of likely N-dealkylation sites (N-methyl/N-ethyl adjacent to an activating group) is 1. The monoisotopic (exact) mass is 476 g/mol. The van der Waals surface area contributed by atoms with Crippen LogP contribution in [0.25, 0.3) is 0 Å². The number of fused-ring (bicyclic) bond motifs is 3. The van der Waals surface area contributed by atoms with Gasteiger partial charge in [-0.25, -0.2) is 4.79 Å². The van der Waals surface area contributed by atoms with Crippen LogP contribution < -0.4 is 15.1 Å². The normalized spacial score (nSPS) is 21.2. The summed E-state index contributed by atoms with van der Waals surface area (Å²) in [5, 5.41) is 2.65. The summed E-state index contributed by atoms with van der Waals surface area (Å²) in [7, 11) is 1.46. The molecule has 3 aliphatic rings. The number of rotatable bonds is 5. The Morgan fingerprint density at radius 1 is 1.00 bits per heavy atom. The molecule has 0 radical (unpaired) electrons. The van der Waals surface area contributed by atoms with Crippen molar-refractivity contribution in [1.82, 2.24) is 4.90 Å². The molecule has 4 amide bonds. The van der Waals surface area contributed by atoms with Crippen molar-refractivity contribution < 1.29 is 28.7 Å². The van der Waals surface area contributed by atoms with Crippen molar-refractivity contribution in [2.45, 2.75) is 31.3 Å². The number of carbonyl (C=O) groups excluding carboxylic acids is 5. The Morgan fingerprint density at radius 2 is 1.74 bits per heavy atom. The second-order valence-corrected chi connectivity index (χ2v) is 8.75. The number of nitrogens with one attached hydrogen (secondary N) is 1. The van der Waals surface area contributed by atoms with Crippen LogP contribution in [0.3, 0.4) is 0 Å². The van der Waals surface area contributed by atoms with E-state index in [1.165, 1.54) is 16.8 Å². The SMILES string of the molecule is CN1C(=O)c2ccccc2N2C(=O)CCC12C(=O)OCC(=O)Nc1ccc(N2CCCC2=O)cc1. The summed E-state index contributed by atoms with van der Waals surface area (Å²) in [6.07, 6.45) is 1.49. The maximum absolute atomic E-state index is 13.3. The molecule has 0 aliphatic carbocycles. The van der Waals surface area contributed by atoms with Gasteiger partial charge in [-0.1, -0.05) is 12.1 Å². The van der Waals surface area contributed by atoms with Gasteiger partial charge in [0.05, 0.1) is 11.3 Å². The number of hydrogen-bond acceptors (Lipinski definition) is 6. The van der Waals surface area contributed by atoms with E-state index in [1.54, 1.807) is 53.4 Å². The van der Waals surface area contributed by atoms with Crippen LogP contribution in [0.2, 0.25) is 0 Å². The molecule has 1 atom stereocenters. The van der Waals surface area contributed by atoms with Crippen LogP contribution in [-0.4, -0.2) is 60.4 Å². The zero-order valence-corrected chi connectivity index (χ0v) is 19.2. The van der Waals surface area contributed by atoms with E-state index in [0.29, 0.717) is 29.9 Å². The van der Waals surface area contributed by atoms with E-state index < -0.39 is 30.1 Å². The van der Waals surface area contributed by atoms with Crippen LogP contribution in [0, 0.1) is 0 Å². The largest absolute Gasteiger partial charge is 0.452 e. The first-order valence-electron chi connectivity index (χ1n) is 11.4. The lowest BCUT2D eigenvalue weighted by Crippen LogP contribution is -2.67. The van der Waals surface area contributed by atoms with Gasteiger partial charge in [0.2, 0.25) is 17.5 Å². The topological polar surface area (TPSA) is 116 Å². The minimum atomic E-state index is -1.63. The number of benzene rings is 2. The van der Waals surface area contributed by atoms with Gasteiger partial charge in [0, 0.05) is 44.2 Å². The molecular formula is C25H24N4O6. The maximum atomic E-state index is 13.3. The number of ether oxygens (including phenoxy) is 1. The Morgan fingerprint density at radius 3 is 2.46 bits per heavy atom. The fourth-order valence-corrected chi connectivity index (χ4v) is 4.98. The Labute approximate surface area is 201 Å². The highest BCUT2D eigenvalue weighted by Crippen LogP contribution is 2.44. The van der Waals surface area contributed by atoms with E-state index >= 15 is 0 Å². The smallest absolute Gasteiger partial charge is 0.354 e. The predicted molar refractivity (Wildman–Crippen MR) is 126 cm³/mol. The van der Waals surface area contributed by atoms with Crippen molar-refractivity contribution in [3.8, 4) is 0 Å². The predicted octanol–water partition coefficient (Wildman–Crippen LogP) is 1.90. The molecule has 0 aromatic heterocycles. The maximum Gasteiger partial charge on any atom is 0.354 e. The fourth-order valence-electron chi connectivity index (χ4n) is 4.98. The molecule has 180 valence electrons. The standard InChI is InChI=1S/C25H24N4O6/c1-27-23(33)18-5-2-3-6-19(18)29-22(32)12-13-25(27,29)24(34)35-15-20(30)26-16-8-10-17(11-9-16)28-14-4-7-21(28)31/h2-3,5-6,8-11H,4,7,12-15H2,1H3,(H,26,30). The van der Waals surface area contributed by atoms with Gasteiger partial charge in [-0.05, 0) is 42.8 Å². The van der Waals surface area contributed by atoms with E-state index in [9.17, 15) is 24.0 Å². The Kier molecular flexibility index (Phi) is 5.50. The molecule has 3 heterocycles. The minimum absolute atomic E-state index is 0.0686. The highest BCUT2D eigenvalue weighted by Gasteiger charge is 2.60. The summed E-state index contributed by atoms with van der Waals surface area (Å²) in [6.45, 7) is 0.0852. The summed E-state index contributed by atoms with van der Waals surface area (Å²) in [5.41, 5.74) is 0.289. The third-order valence-corrected chi connectivity index (χ3v) is 6.74. The molecule has 5 rings (SSSR count). The van der Waals surface area contributed by atoms with Gasteiger partial charge in [0.1, 0.15) is 0 Å². The third kappa shape index (κ3) is 3.61. The summed E-state index contributed by atoms with van der Waals surface area (Å²) >= 11 is 0. The average Bonchev–Trinajstić information content (AvgIpc) is 3.45. The number of para-hydroxylation sites is 1. The molecule has 1 unspecified atom stereocenters. The van der Waals surface area contributed by atoms with Crippen molar-refractivity contribution >= 4 is 46.7 Å². The van der Waals surface area contributed by atoms with Crippen LogP contribution in [0.4, 0.5) is 17.1 Å². The molecule has 2 aromatic rings. The van der Waals surface area contributed by atoms with Gasteiger partial charge in [-0.2, -0.15) is 0 Å². The molecule has 2 fully saturated rings. The first kappa shape index (κ1) is 22.6. The summed E-state index contributed by atoms with van der Waals surface area (Å²) in [4.78, 5) is 67.6. The lowest BCUT2D eigenvalue weighted by Gasteiger charge is -2.46. The Hall–Kier alpha value is -4.21. The average molecular weight is 476 g/mol. The highest BCUT2D eigenvalue weighted by atomic mass is 16.5. The lowest BCUT2D eigenvalue weighted by molar-refractivity contribution is -0.158. The van der Waals surface area contributed by atoms with E-state index in [2.05, 4.69) is 5.32 Å². The van der Waals surface area contributed by atoms with E-state index in [-0.39, 0.29) is 24.7 Å². The quantitative estimate of drug-likeness (QED) is 0.659. The number of amides is 4. The summed E-state index contributed by atoms with van der Waals surface area (Å²) in [6, 6.07) is 13.4. The molecule has 1 N–H and O–H groups in total. The molecule has 35 heavy (non-hydrogen) atoms. The van der Waals surface area contributed by atoms with Gasteiger partial charge in [-0.3, -0.25) is 24.1 Å². The van der Waals surface area contributed by atoms with E-state index in [4.69, 9.17) is 4.74 Å². The first-order valence-corrected chi connectivity index (χ1v) is 11.4. The number of carbonyl (C=O) groups is 5. The second-order valence-electron chi connectivity index (χ2n) is 8.75. The van der Waals surface area contributed by atoms with E-state index in [0.717, 1.165) is 12.1 Å². The third-order valence-electron chi connectivity index (χ3n) is 6.74. The fraction of sp³-hybridized carbons (Fsp3) is 0.320. The number of hydrogen-bond donors (Lipinski definition) is 1. The van der Waals surface area contributed by atoms with Crippen molar-refractivity contribution in [3.05, 3.63) is 54.1 Å². The zero-order valence-electron chi connectivity index (χ0n) is 19.2. The molecule has 10 heteroatoms. The summed E-state index contributed by atoms with van der Waals surface area (Å²) in [5.74, 6) is -2.03. The van der Waals surface area contributed by atoms with Crippen molar-refractivity contribution in [2.24, 2.45) is 0 Å². The van der Waals surface area contributed by atoms with Gasteiger partial charge < -0.3 is 19.9 Å². The van der Waals surface area contributed by atoms with Crippen molar-refractivity contribution in [1.29, 1.82) is 0 Å². The molecule has 0 saturated carbocycles. The second kappa shape index (κ2) is 8.53. The Bertz CT molecular complexity index is 1240. The number of esters is 1. The van der Waals surface area contributed by atoms with Gasteiger partial charge in [-0.15, -0.1) is 0 Å². The van der Waals surface area contributed by atoms with Gasteiger partial charge in [0.15, 0.2) is 6.61 Å². The molecule has 10 nitrogen and oxygen atoms in total. The van der Waals surface area contributed by atoms with Crippen molar-refractivity contribution in [3.63, 3.8) is 0 Å². The molecule has 2 saturated heterocycles. The minimum Gasteiger partial charge on any atom is -0.452 e. The number of anilines is 3. The molecule has 0 spiro atoms. The van der Waals surface area contributed by atoms with E-state index in [1.807, 2.05) is 0 Å². The Balaban J connectivity index is 1.27. The first-order chi connectivity index (χ1) is 16.8. The molecule has 2 aromatic carbocycles. The highest BCUT2D eigenvalue weighted by molar-refractivity contribution is 6.15. The van der Waals surface area contributed by atoms with Crippen LogP contribution in [0.15, 0.2) is 48.5 Å². The van der Waals surface area contributed by atoms with Crippen LogP contribution in [0.1, 0.15) is 36.0 Å². The molecule has 3 aliphatic heterocycles. The van der Waals surface area contributed by atoms with Crippen LogP contribution in [-0.2, 0) is 23.9 Å². The van der Waals surface area contributed by atoms with Gasteiger partial charge in [0.25, 0.3) is 11.8 Å².